The van der Waals surface area contributed by atoms with Gasteiger partial charge >= 0.3 is 5.97 Å². The molecule has 1 N–H and O–H groups in total. The minimum absolute atomic E-state index is 0.248. The Bertz CT molecular complexity index is 393. The molecule has 1 aromatic carbocycles. The number of hydrogen-bond donors (Lipinski definition) is 1. The van der Waals surface area contributed by atoms with Gasteiger partial charge < -0.3 is 5.11 Å². The lowest BCUT2D eigenvalue weighted by atomic mass is 9.99. The van der Waals surface area contributed by atoms with Crippen molar-refractivity contribution in [1.29, 1.82) is 0 Å². The predicted molar refractivity (Wildman–Crippen MR) is 58.5 cm³/mol. The van der Waals surface area contributed by atoms with Gasteiger partial charge in [0.1, 0.15) is 0 Å². The van der Waals surface area contributed by atoms with E-state index in [1.165, 1.54) is 5.56 Å². The van der Waals surface area contributed by atoms with Gasteiger partial charge in [-0.15, -0.1) is 0 Å². The van der Waals surface area contributed by atoms with Crippen molar-refractivity contribution in [3.05, 3.63) is 35.4 Å². The number of aliphatic carboxylic acids is 1. The van der Waals surface area contributed by atoms with Gasteiger partial charge in [0.25, 0.3) is 5.78 Å². The lowest BCUT2D eigenvalue weighted by Gasteiger charge is -2.25. The molecule has 0 atom stereocenters. The maximum atomic E-state index is 11.1. The van der Waals surface area contributed by atoms with E-state index in [2.05, 4.69) is 0 Å². The second-order valence-corrected chi connectivity index (χ2v) is 4.57. The second kappa shape index (κ2) is 4.06. The Morgan fingerprint density at radius 3 is 2.20 bits per heavy atom. The number of carboxylic acid groups (broad SMARTS) is 1. The minimum Gasteiger partial charge on any atom is -0.475 e. The van der Waals surface area contributed by atoms with E-state index >= 15 is 0 Å². The number of carboxylic acids is 1. The predicted octanol–water partition coefficient (Wildman–Crippen LogP) is 1.78. The first-order valence-electron chi connectivity index (χ1n) is 4.64. The highest BCUT2D eigenvalue weighted by atomic mass is 32.2. The molecule has 0 aliphatic carbocycles. The van der Waals surface area contributed by atoms with Crippen LogP contribution in [0.5, 0.6) is 0 Å². The zero-order valence-corrected chi connectivity index (χ0v) is 8.79. The van der Waals surface area contributed by atoms with E-state index in [1.807, 2.05) is 23.9 Å². The first kappa shape index (κ1) is 10.2. The molecule has 4 heteroatoms. The summed E-state index contributed by atoms with van der Waals surface area (Å²) in [4.78, 5) is 21.5. The van der Waals surface area contributed by atoms with Crippen LogP contribution < -0.4 is 0 Å². The zero-order valence-electron chi connectivity index (χ0n) is 7.97. The van der Waals surface area contributed by atoms with Crippen molar-refractivity contribution in [3.8, 4) is 0 Å². The van der Waals surface area contributed by atoms with Gasteiger partial charge in [-0.3, -0.25) is 4.79 Å². The van der Waals surface area contributed by atoms with Crippen molar-refractivity contribution < 1.29 is 14.7 Å². The van der Waals surface area contributed by atoms with Crippen molar-refractivity contribution in [2.45, 2.75) is 5.92 Å². The first-order chi connectivity index (χ1) is 7.18. The molecule has 1 aromatic rings. The highest BCUT2D eigenvalue weighted by Crippen LogP contribution is 2.33. The molecule has 0 saturated carbocycles. The number of ketones is 1. The number of thioether (sulfide) groups is 1. The molecule has 1 heterocycles. The topological polar surface area (TPSA) is 54.4 Å². The van der Waals surface area contributed by atoms with Gasteiger partial charge in [-0.05, 0) is 5.56 Å². The molecule has 1 aliphatic rings. The van der Waals surface area contributed by atoms with Gasteiger partial charge in [0.05, 0.1) is 0 Å². The number of hydrogen-bond acceptors (Lipinski definition) is 3. The molecule has 3 nitrogen and oxygen atoms in total. The van der Waals surface area contributed by atoms with Crippen LogP contribution in [-0.4, -0.2) is 28.4 Å². The summed E-state index contributed by atoms with van der Waals surface area (Å²) in [6.07, 6.45) is 0. The summed E-state index contributed by atoms with van der Waals surface area (Å²) in [6.45, 7) is 0. The molecule has 1 fully saturated rings. The Labute approximate surface area is 91.5 Å². The molecule has 1 saturated heterocycles. The van der Waals surface area contributed by atoms with E-state index in [4.69, 9.17) is 5.11 Å². The number of benzene rings is 1. The maximum absolute atomic E-state index is 11.1. The zero-order chi connectivity index (χ0) is 10.8. The number of rotatable bonds is 3. The lowest BCUT2D eigenvalue weighted by Crippen LogP contribution is -2.16. The van der Waals surface area contributed by atoms with Crippen molar-refractivity contribution in [1.82, 2.24) is 0 Å². The maximum Gasteiger partial charge on any atom is 0.377 e. The third-order valence-electron chi connectivity index (χ3n) is 2.48. The fourth-order valence-corrected chi connectivity index (χ4v) is 2.31. The van der Waals surface area contributed by atoms with Crippen molar-refractivity contribution >= 4 is 23.5 Å². The standard InChI is InChI=1S/C11H10O3S/c12-10(11(13)14)8-3-1-7(2-4-8)9-5-15-6-9/h1-4,9H,5-6H2,(H,13,14). The Morgan fingerprint density at radius 1 is 1.20 bits per heavy atom. The number of carbonyl (C=O) groups excluding carboxylic acids is 1. The van der Waals surface area contributed by atoms with Gasteiger partial charge in [0, 0.05) is 23.0 Å². The average Bonchev–Trinajstić information content (AvgIpc) is 2.15. The molecule has 1 aliphatic heterocycles. The molecule has 2 rings (SSSR count). The molecule has 0 unspecified atom stereocenters. The Morgan fingerprint density at radius 2 is 1.80 bits per heavy atom. The van der Waals surface area contributed by atoms with Gasteiger partial charge in [0.15, 0.2) is 0 Å². The van der Waals surface area contributed by atoms with E-state index in [0.717, 1.165) is 11.5 Å². The van der Waals surface area contributed by atoms with Crippen LogP contribution in [0.4, 0.5) is 0 Å². The van der Waals surface area contributed by atoms with Crippen LogP contribution in [0.15, 0.2) is 24.3 Å². The molecule has 0 spiro atoms. The van der Waals surface area contributed by atoms with Crippen molar-refractivity contribution in [3.63, 3.8) is 0 Å². The Hall–Kier alpha value is -1.29. The van der Waals surface area contributed by atoms with Crippen LogP contribution in [0.2, 0.25) is 0 Å². The Kier molecular flexibility index (Phi) is 2.77. The first-order valence-corrected chi connectivity index (χ1v) is 5.79. The van der Waals surface area contributed by atoms with Gasteiger partial charge in [-0.25, -0.2) is 4.79 Å². The second-order valence-electron chi connectivity index (χ2n) is 3.49. The summed E-state index contributed by atoms with van der Waals surface area (Å²) in [7, 11) is 0. The molecular formula is C11H10O3S. The van der Waals surface area contributed by atoms with Crippen LogP contribution in [0.3, 0.4) is 0 Å². The molecule has 0 radical (unpaired) electrons. The molecule has 15 heavy (non-hydrogen) atoms. The highest BCUT2D eigenvalue weighted by Gasteiger charge is 2.21. The third kappa shape index (κ3) is 2.04. The largest absolute Gasteiger partial charge is 0.475 e. The SMILES string of the molecule is O=C(O)C(=O)c1ccc(C2CSC2)cc1. The van der Waals surface area contributed by atoms with E-state index in [1.54, 1.807) is 12.1 Å². The summed E-state index contributed by atoms with van der Waals surface area (Å²) in [5.74, 6) is 0.564. The lowest BCUT2D eigenvalue weighted by molar-refractivity contribution is -0.131. The Balaban J connectivity index is 2.16. The smallest absolute Gasteiger partial charge is 0.377 e. The summed E-state index contributed by atoms with van der Waals surface area (Å²) < 4.78 is 0. The monoisotopic (exact) mass is 222 g/mol. The summed E-state index contributed by atoms with van der Waals surface area (Å²) >= 11 is 1.89. The van der Waals surface area contributed by atoms with Crippen molar-refractivity contribution in [2.24, 2.45) is 0 Å². The molecule has 0 bridgehead atoms. The van der Waals surface area contributed by atoms with Crippen LogP contribution in [0.25, 0.3) is 0 Å². The molecule has 0 amide bonds. The quantitative estimate of drug-likeness (QED) is 0.625. The summed E-state index contributed by atoms with van der Waals surface area (Å²) in [5, 5.41) is 8.52. The normalized spacial score (nSPS) is 15.7. The molecular weight excluding hydrogens is 212 g/mol. The number of Topliss-reactive ketones (excluding diaryl/α,β-unsaturated/α-hetero) is 1. The van der Waals surface area contributed by atoms with Crippen LogP contribution >= 0.6 is 11.8 Å². The number of carbonyl (C=O) groups is 2. The fraction of sp³-hybridized carbons (Fsp3) is 0.273. The molecule has 0 aromatic heterocycles. The highest BCUT2D eigenvalue weighted by molar-refractivity contribution is 8.00. The third-order valence-corrected chi connectivity index (χ3v) is 3.75. The van der Waals surface area contributed by atoms with Crippen LogP contribution in [0, 0.1) is 0 Å². The summed E-state index contributed by atoms with van der Waals surface area (Å²) in [5.41, 5.74) is 1.44. The fourth-order valence-electron chi connectivity index (χ4n) is 1.46. The van der Waals surface area contributed by atoms with Gasteiger partial charge in [0.2, 0.25) is 0 Å². The average molecular weight is 222 g/mol. The van der Waals surface area contributed by atoms with E-state index in [0.29, 0.717) is 5.92 Å². The van der Waals surface area contributed by atoms with E-state index in [9.17, 15) is 9.59 Å². The van der Waals surface area contributed by atoms with E-state index in [-0.39, 0.29) is 5.56 Å². The van der Waals surface area contributed by atoms with Gasteiger partial charge in [-0.1, -0.05) is 24.3 Å². The van der Waals surface area contributed by atoms with Crippen LogP contribution in [-0.2, 0) is 4.79 Å². The minimum atomic E-state index is -1.40. The summed E-state index contributed by atoms with van der Waals surface area (Å²) in [6, 6.07) is 6.88. The molecule has 78 valence electrons. The van der Waals surface area contributed by atoms with Crippen molar-refractivity contribution in [2.75, 3.05) is 11.5 Å². The van der Waals surface area contributed by atoms with Gasteiger partial charge in [-0.2, -0.15) is 11.8 Å². The van der Waals surface area contributed by atoms with E-state index < -0.39 is 11.8 Å². The van der Waals surface area contributed by atoms with Crippen LogP contribution in [0.1, 0.15) is 21.8 Å².